The van der Waals surface area contributed by atoms with E-state index in [1.165, 1.54) is 5.56 Å². The highest BCUT2D eigenvalue weighted by Gasteiger charge is 2.40. The number of carbonyl (C=O) groups is 1. The molecule has 0 aliphatic carbocycles. The average Bonchev–Trinajstić information content (AvgIpc) is 2.98. The summed E-state index contributed by atoms with van der Waals surface area (Å²) in [5, 5.41) is 7.69. The van der Waals surface area contributed by atoms with Crippen molar-refractivity contribution in [3.8, 4) is 0 Å². The van der Waals surface area contributed by atoms with Crippen molar-refractivity contribution < 1.29 is 4.79 Å². The van der Waals surface area contributed by atoms with Crippen molar-refractivity contribution in [1.29, 1.82) is 0 Å². The van der Waals surface area contributed by atoms with Crippen LogP contribution < -0.4 is 5.32 Å². The van der Waals surface area contributed by atoms with E-state index in [4.69, 9.17) is 0 Å². The molecule has 4 heteroatoms. The minimum absolute atomic E-state index is 0.0351. The van der Waals surface area contributed by atoms with Crippen LogP contribution in [0.1, 0.15) is 52.8 Å². The number of nitrogens with zero attached hydrogens (tertiary/aromatic N) is 1. The van der Waals surface area contributed by atoms with Gasteiger partial charge in [0.1, 0.15) is 6.17 Å². The van der Waals surface area contributed by atoms with Gasteiger partial charge >= 0.3 is 0 Å². The highest BCUT2D eigenvalue weighted by molar-refractivity contribution is 7.07. The lowest BCUT2D eigenvalue weighted by Crippen LogP contribution is -2.38. The second-order valence-corrected chi connectivity index (χ2v) is 7.62. The Kier molecular flexibility index (Phi) is 4.55. The van der Waals surface area contributed by atoms with Crippen LogP contribution in [0, 0.1) is 11.3 Å². The van der Waals surface area contributed by atoms with Crippen LogP contribution in [0.25, 0.3) is 0 Å². The van der Waals surface area contributed by atoms with Crippen molar-refractivity contribution in [3.05, 3.63) is 22.4 Å². The molecule has 2 rings (SSSR count). The molecule has 1 amide bonds. The smallest absolute Gasteiger partial charge is 0.241 e. The highest BCUT2D eigenvalue weighted by atomic mass is 32.1. The molecule has 1 N–H and O–H groups in total. The van der Waals surface area contributed by atoms with Crippen LogP contribution in [0.5, 0.6) is 0 Å². The summed E-state index contributed by atoms with van der Waals surface area (Å²) < 4.78 is 0. The molecule has 1 aromatic heterocycles. The van der Waals surface area contributed by atoms with E-state index >= 15 is 0 Å². The van der Waals surface area contributed by atoms with Crippen molar-refractivity contribution in [2.24, 2.45) is 11.3 Å². The summed E-state index contributed by atoms with van der Waals surface area (Å²) in [5.74, 6) is 0.713. The average molecular weight is 294 g/mol. The van der Waals surface area contributed by atoms with Crippen molar-refractivity contribution in [1.82, 2.24) is 10.2 Å². The Labute approximate surface area is 126 Å². The molecule has 20 heavy (non-hydrogen) atoms. The van der Waals surface area contributed by atoms with Crippen LogP contribution >= 0.6 is 11.3 Å². The zero-order valence-corrected chi connectivity index (χ0v) is 14.0. The first kappa shape index (κ1) is 15.5. The monoisotopic (exact) mass is 294 g/mol. The zero-order valence-electron chi connectivity index (χ0n) is 13.1. The molecule has 112 valence electrons. The normalized spacial score (nSPS) is 25.2. The van der Waals surface area contributed by atoms with Gasteiger partial charge in [-0.3, -0.25) is 10.1 Å². The Morgan fingerprint density at radius 2 is 2.15 bits per heavy atom. The van der Waals surface area contributed by atoms with Crippen LogP contribution in [0.4, 0.5) is 0 Å². The van der Waals surface area contributed by atoms with E-state index in [1.807, 2.05) is 4.90 Å². The minimum Gasteiger partial charge on any atom is -0.321 e. The molecule has 0 saturated carbocycles. The van der Waals surface area contributed by atoms with Crippen LogP contribution in [-0.2, 0) is 4.79 Å². The zero-order chi connectivity index (χ0) is 14.9. The van der Waals surface area contributed by atoms with E-state index in [-0.39, 0.29) is 23.5 Å². The number of carbonyl (C=O) groups excluding carboxylic acids is 1. The largest absolute Gasteiger partial charge is 0.321 e. The predicted octanol–water partition coefficient (Wildman–Crippen LogP) is 3.64. The van der Waals surface area contributed by atoms with E-state index in [2.05, 4.69) is 56.8 Å². The minimum atomic E-state index is -0.0351. The van der Waals surface area contributed by atoms with Crippen LogP contribution in [0.3, 0.4) is 0 Å². The van der Waals surface area contributed by atoms with E-state index in [0.717, 1.165) is 13.0 Å². The summed E-state index contributed by atoms with van der Waals surface area (Å²) in [6.07, 6.45) is 0.892. The first-order valence-corrected chi connectivity index (χ1v) is 8.37. The maximum absolute atomic E-state index is 12.6. The predicted molar refractivity (Wildman–Crippen MR) is 84.6 cm³/mol. The lowest BCUT2D eigenvalue weighted by molar-refractivity contribution is -0.131. The Bertz CT molecular complexity index is 450. The Balaban J connectivity index is 2.20. The second-order valence-electron chi connectivity index (χ2n) is 6.84. The van der Waals surface area contributed by atoms with Crippen molar-refractivity contribution in [3.63, 3.8) is 0 Å². The highest BCUT2D eigenvalue weighted by Crippen LogP contribution is 2.32. The maximum atomic E-state index is 12.6. The summed E-state index contributed by atoms with van der Waals surface area (Å²) in [6.45, 7) is 11.8. The molecule has 2 heterocycles. The molecule has 1 aromatic rings. The quantitative estimate of drug-likeness (QED) is 0.919. The van der Waals surface area contributed by atoms with Crippen LogP contribution in [0.2, 0.25) is 0 Å². The summed E-state index contributed by atoms with van der Waals surface area (Å²) in [7, 11) is 0. The Morgan fingerprint density at radius 1 is 1.45 bits per heavy atom. The number of hydrogen-bond donors (Lipinski definition) is 1. The SMILES string of the molecule is CCC1NC(c2ccsc2)N(CC(C)C(C)(C)C)C1=O. The molecule has 0 bridgehead atoms. The lowest BCUT2D eigenvalue weighted by Gasteiger charge is -2.33. The Hall–Kier alpha value is -0.870. The summed E-state index contributed by atoms with van der Waals surface area (Å²) in [5.41, 5.74) is 1.42. The molecule has 3 nitrogen and oxygen atoms in total. The van der Waals surface area contributed by atoms with Crippen molar-refractivity contribution in [2.75, 3.05) is 6.54 Å². The van der Waals surface area contributed by atoms with Gasteiger partial charge in [0.05, 0.1) is 6.04 Å². The van der Waals surface area contributed by atoms with E-state index in [9.17, 15) is 4.79 Å². The van der Waals surface area contributed by atoms with Gasteiger partial charge in [-0.1, -0.05) is 34.6 Å². The molecule has 0 spiro atoms. The van der Waals surface area contributed by atoms with Gasteiger partial charge in [-0.05, 0) is 40.1 Å². The third kappa shape index (κ3) is 3.07. The van der Waals surface area contributed by atoms with Gasteiger partial charge in [-0.25, -0.2) is 0 Å². The van der Waals surface area contributed by atoms with Crippen LogP contribution in [0.15, 0.2) is 16.8 Å². The molecule has 1 aliphatic heterocycles. The summed E-state index contributed by atoms with van der Waals surface area (Å²) >= 11 is 1.68. The fourth-order valence-corrected chi connectivity index (χ4v) is 3.12. The molecule has 1 fully saturated rings. The van der Waals surface area contributed by atoms with E-state index < -0.39 is 0 Å². The summed E-state index contributed by atoms with van der Waals surface area (Å²) in [6, 6.07) is 2.08. The maximum Gasteiger partial charge on any atom is 0.241 e. The standard InChI is InChI=1S/C16H26N2OS/c1-6-13-15(19)18(9-11(2)16(3,4)5)14(17-13)12-7-8-20-10-12/h7-8,10-11,13-14,17H,6,9H2,1-5H3. The first-order chi connectivity index (χ1) is 9.34. The number of amides is 1. The van der Waals surface area contributed by atoms with Gasteiger partial charge in [-0.15, -0.1) is 0 Å². The number of thiophene rings is 1. The number of nitrogens with one attached hydrogen (secondary N) is 1. The number of hydrogen-bond acceptors (Lipinski definition) is 3. The molecule has 3 atom stereocenters. The third-order valence-electron chi connectivity index (χ3n) is 4.47. The topological polar surface area (TPSA) is 32.3 Å². The van der Waals surface area contributed by atoms with Crippen molar-refractivity contribution in [2.45, 2.75) is 53.2 Å². The molecular formula is C16H26N2OS. The van der Waals surface area contributed by atoms with Gasteiger partial charge in [0.15, 0.2) is 0 Å². The first-order valence-electron chi connectivity index (χ1n) is 7.43. The molecule has 0 aromatic carbocycles. The van der Waals surface area contributed by atoms with E-state index in [0.29, 0.717) is 5.92 Å². The summed E-state index contributed by atoms with van der Waals surface area (Å²) in [4.78, 5) is 14.6. The van der Waals surface area contributed by atoms with Crippen molar-refractivity contribution >= 4 is 17.2 Å². The Morgan fingerprint density at radius 3 is 2.65 bits per heavy atom. The molecular weight excluding hydrogens is 268 g/mol. The molecule has 0 radical (unpaired) electrons. The third-order valence-corrected chi connectivity index (χ3v) is 5.17. The van der Waals surface area contributed by atoms with E-state index in [1.54, 1.807) is 11.3 Å². The fourth-order valence-electron chi connectivity index (χ4n) is 2.44. The van der Waals surface area contributed by atoms with Gasteiger partial charge < -0.3 is 4.90 Å². The van der Waals surface area contributed by atoms with Gasteiger partial charge in [0, 0.05) is 6.54 Å². The van der Waals surface area contributed by atoms with Gasteiger partial charge in [-0.2, -0.15) is 11.3 Å². The van der Waals surface area contributed by atoms with Gasteiger partial charge in [0.2, 0.25) is 5.91 Å². The molecule has 3 unspecified atom stereocenters. The molecule has 1 aliphatic rings. The number of rotatable bonds is 4. The lowest BCUT2D eigenvalue weighted by atomic mass is 9.81. The molecule has 1 saturated heterocycles. The second kappa shape index (κ2) is 5.86. The van der Waals surface area contributed by atoms with Gasteiger partial charge in [0.25, 0.3) is 0 Å². The fraction of sp³-hybridized carbons (Fsp3) is 0.688. The van der Waals surface area contributed by atoms with Crippen LogP contribution in [-0.4, -0.2) is 23.4 Å².